The van der Waals surface area contributed by atoms with Gasteiger partial charge in [0, 0.05) is 35.9 Å². The van der Waals surface area contributed by atoms with E-state index in [-0.39, 0.29) is 30.2 Å². The van der Waals surface area contributed by atoms with Gasteiger partial charge in [0.15, 0.2) is 11.5 Å². The van der Waals surface area contributed by atoms with E-state index in [1.807, 2.05) is 65.6 Å². The van der Waals surface area contributed by atoms with E-state index in [0.717, 1.165) is 33.4 Å². The Morgan fingerprint density at radius 3 is 1.98 bits per heavy atom. The molecular weight excluding hydrogens is 636 g/mol. The van der Waals surface area contributed by atoms with Crippen molar-refractivity contribution in [2.45, 2.75) is 31.6 Å². The van der Waals surface area contributed by atoms with Gasteiger partial charge in [-0.3, -0.25) is 10.1 Å². The Balaban J connectivity index is 1.69. The molecule has 0 saturated heterocycles. The predicted molar refractivity (Wildman–Crippen MR) is 187 cm³/mol. The van der Waals surface area contributed by atoms with Crippen molar-refractivity contribution in [3.05, 3.63) is 140 Å². The fourth-order valence-corrected chi connectivity index (χ4v) is 7.93. The molecule has 1 spiro atoms. The van der Waals surface area contributed by atoms with Crippen molar-refractivity contribution in [3.8, 4) is 22.6 Å². The van der Waals surface area contributed by atoms with Gasteiger partial charge in [0.2, 0.25) is 0 Å². The summed E-state index contributed by atoms with van der Waals surface area (Å²) in [6.07, 6.45) is 2.60. The minimum atomic E-state index is -1.32. The van der Waals surface area contributed by atoms with Crippen molar-refractivity contribution in [1.82, 2.24) is 4.90 Å². The lowest BCUT2D eigenvalue weighted by Crippen LogP contribution is -2.42. The van der Waals surface area contributed by atoms with Crippen LogP contribution in [0.1, 0.15) is 47.6 Å². The van der Waals surface area contributed by atoms with Crippen LogP contribution in [0.2, 0.25) is 0 Å². The number of nitro benzene ring substituents is 1. The van der Waals surface area contributed by atoms with E-state index in [9.17, 15) is 19.7 Å². The van der Waals surface area contributed by atoms with Gasteiger partial charge in [-0.05, 0) is 65.8 Å². The van der Waals surface area contributed by atoms with Gasteiger partial charge in [-0.25, -0.2) is 9.59 Å². The summed E-state index contributed by atoms with van der Waals surface area (Å²) in [5.41, 5.74) is 5.41. The highest BCUT2D eigenvalue weighted by Crippen LogP contribution is 2.62. The zero-order chi connectivity index (χ0) is 35.2. The molecule has 0 fully saturated rings. The molecule has 10 nitrogen and oxygen atoms in total. The zero-order valence-corrected chi connectivity index (χ0v) is 28.2. The number of rotatable bonds is 8. The number of benzene rings is 4. The second-order valence-electron chi connectivity index (χ2n) is 12.2. The molecule has 254 valence electrons. The molecule has 2 aliphatic heterocycles. The number of hydrogen-bond donors (Lipinski definition) is 0. The van der Waals surface area contributed by atoms with E-state index < -0.39 is 28.2 Å². The Morgan fingerprint density at radius 1 is 0.820 bits per heavy atom. The summed E-state index contributed by atoms with van der Waals surface area (Å²) >= 11 is 0. The number of nitro groups is 1. The number of fused-ring (bicyclic) bond motifs is 8. The molecule has 0 aromatic heterocycles. The Labute approximate surface area is 289 Å². The summed E-state index contributed by atoms with van der Waals surface area (Å²) in [6.45, 7) is 3.96. The Kier molecular flexibility index (Phi) is 8.39. The van der Waals surface area contributed by atoms with E-state index in [1.54, 1.807) is 40.2 Å². The highest BCUT2D eigenvalue weighted by molar-refractivity contribution is 6.07. The molecule has 0 amide bonds. The van der Waals surface area contributed by atoms with Gasteiger partial charge in [-0.1, -0.05) is 66.7 Å². The lowest BCUT2D eigenvalue weighted by Gasteiger charge is -2.40. The first-order chi connectivity index (χ1) is 24.3. The average Bonchev–Trinajstić information content (AvgIpc) is 3.34. The van der Waals surface area contributed by atoms with Crippen LogP contribution in [-0.4, -0.2) is 55.7 Å². The molecule has 4 aromatic rings. The minimum absolute atomic E-state index is 0.0638. The summed E-state index contributed by atoms with van der Waals surface area (Å²) in [5.74, 6) is -0.901. The van der Waals surface area contributed by atoms with E-state index in [4.69, 9.17) is 18.9 Å². The van der Waals surface area contributed by atoms with Crippen LogP contribution < -0.4 is 9.47 Å². The first kappa shape index (κ1) is 32.6. The lowest BCUT2D eigenvalue weighted by atomic mass is 9.61. The number of carbonyl (C=O) groups is 2. The van der Waals surface area contributed by atoms with Gasteiger partial charge in [0.1, 0.15) is 5.70 Å². The first-order valence-electron chi connectivity index (χ1n) is 16.6. The second-order valence-corrected chi connectivity index (χ2v) is 12.2. The highest BCUT2D eigenvalue weighted by Gasteiger charge is 2.58. The summed E-state index contributed by atoms with van der Waals surface area (Å²) in [4.78, 5) is 42.6. The van der Waals surface area contributed by atoms with Gasteiger partial charge in [-0.15, -0.1) is 0 Å². The van der Waals surface area contributed by atoms with Gasteiger partial charge < -0.3 is 23.8 Å². The number of carbonyl (C=O) groups excluding carboxylic acids is 2. The third kappa shape index (κ3) is 4.85. The van der Waals surface area contributed by atoms with Gasteiger partial charge in [0.05, 0.1) is 43.3 Å². The number of methoxy groups -OCH3 is 2. The maximum atomic E-state index is 14.8. The van der Waals surface area contributed by atoms with Crippen LogP contribution in [0.25, 0.3) is 16.8 Å². The molecular formula is C40H36N2O8. The summed E-state index contributed by atoms with van der Waals surface area (Å²) < 4.78 is 23.1. The van der Waals surface area contributed by atoms with E-state index in [2.05, 4.69) is 6.08 Å². The maximum absolute atomic E-state index is 14.8. The van der Waals surface area contributed by atoms with Gasteiger partial charge in [-0.2, -0.15) is 0 Å². The summed E-state index contributed by atoms with van der Waals surface area (Å²) in [7, 11) is 3.15. The Hall–Kier alpha value is -5.90. The van der Waals surface area contributed by atoms with Crippen LogP contribution in [0, 0.1) is 10.1 Å². The topological polar surface area (TPSA) is 117 Å². The van der Waals surface area contributed by atoms with Crippen LogP contribution in [0.15, 0.2) is 102 Å². The molecule has 1 aliphatic carbocycles. The van der Waals surface area contributed by atoms with Crippen LogP contribution in [0.5, 0.6) is 11.5 Å². The number of esters is 2. The molecule has 1 atom stereocenters. The summed E-state index contributed by atoms with van der Waals surface area (Å²) in [6, 6.07) is 26.0. The second kappa shape index (κ2) is 12.9. The maximum Gasteiger partial charge on any atom is 0.355 e. The first-order valence-corrected chi connectivity index (χ1v) is 16.6. The number of hydrogen-bond acceptors (Lipinski definition) is 9. The summed E-state index contributed by atoms with van der Waals surface area (Å²) in [5, 5.41) is 11.8. The van der Waals surface area contributed by atoms with E-state index >= 15 is 0 Å². The number of nitrogens with zero attached hydrogens (tertiary/aromatic N) is 2. The van der Waals surface area contributed by atoms with Crippen molar-refractivity contribution in [2.75, 3.05) is 34.0 Å². The molecule has 3 aliphatic rings. The minimum Gasteiger partial charge on any atom is -0.493 e. The Bertz CT molecular complexity index is 2050. The molecule has 0 radical (unpaired) electrons. The molecule has 50 heavy (non-hydrogen) atoms. The zero-order valence-electron chi connectivity index (χ0n) is 28.2. The molecule has 4 aromatic carbocycles. The van der Waals surface area contributed by atoms with Crippen molar-refractivity contribution in [2.24, 2.45) is 0 Å². The van der Waals surface area contributed by atoms with Crippen molar-refractivity contribution >= 4 is 23.3 Å². The van der Waals surface area contributed by atoms with Crippen molar-refractivity contribution < 1.29 is 33.5 Å². The molecule has 1 unspecified atom stereocenters. The molecule has 2 heterocycles. The Morgan fingerprint density at radius 2 is 1.40 bits per heavy atom. The van der Waals surface area contributed by atoms with Crippen LogP contribution >= 0.6 is 0 Å². The van der Waals surface area contributed by atoms with Crippen molar-refractivity contribution in [3.63, 3.8) is 0 Å². The average molecular weight is 673 g/mol. The lowest BCUT2D eigenvalue weighted by molar-refractivity contribution is -0.384. The third-order valence-electron chi connectivity index (χ3n) is 9.88. The smallest absolute Gasteiger partial charge is 0.355 e. The van der Waals surface area contributed by atoms with E-state index in [1.165, 1.54) is 12.1 Å². The van der Waals surface area contributed by atoms with E-state index in [0.29, 0.717) is 35.7 Å². The fourth-order valence-electron chi connectivity index (χ4n) is 7.93. The molecule has 0 N–H and O–H groups in total. The molecule has 0 saturated carbocycles. The third-order valence-corrected chi connectivity index (χ3v) is 9.88. The van der Waals surface area contributed by atoms with Crippen molar-refractivity contribution in [1.29, 1.82) is 0 Å². The monoisotopic (exact) mass is 672 g/mol. The fraction of sp³-hybridized carbons (Fsp3) is 0.250. The molecule has 0 bridgehead atoms. The number of allylic oxidation sites excluding steroid dienone is 1. The highest BCUT2D eigenvalue weighted by atomic mass is 16.6. The van der Waals surface area contributed by atoms with Gasteiger partial charge in [0.25, 0.3) is 5.69 Å². The quantitative estimate of drug-likeness (QED) is 0.111. The van der Waals surface area contributed by atoms with Crippen LogP contribution in [0.4, 0.5) is 5.69 Å². The molecule has 10 heteroatoms. The van der Waals surface area contributed by atoms with Gasteiger partial charge >= 0.3 is 11.9 Å². The SMILES string of the molecule is CCOC(=O)C1=C(C(=O)OCC)C2(c3ccccc3-c3ccccc32)C(c2ccc([N+](=O)[O-])cc2)C=C2c3cc(OC)c(OC)cc3CCN21. The number of non-ortho nitro benzene ring substituents is 1. The normalized spacial score (nSPS) is 16.7. The van der Waals surface area contributed by atoms with Crippen LogP contribution in [-0.2, 0) is 30.9 Å². The standard InChI is InChI=1S/C40H36N2O8/c1-5-49-38(43)36-37(39(44)50-6-2)41-20-19-25-21-34(47-3)35(48-4)22-29(25)33(41)23-32(24-15-17-26(18-16-24)42(45)46)40(36)30-13-9-7-11-27(30)28-12-8-10-14-31(28)40/h7-18,21-23,32H,5-6,19-20H2,1-4H3. The molecule has 7 rings (SSSR count). The predicted octanol–water partition coefficient (Wildman–Crippen LogP) is 6.96. The largest absolute Gasteiger partial charge is 0.493 e. The number of ether oxygens (including phenoxy) is 4. The van der Waals surface area contributed by atoms with Crippen LogP contribution in [0.3, 0.4) is 0 Å².